The van der Waals surface area contributed by atoms with Crippen LogP contribution in [0.4, 0.5) is 0 Å². The van der Waals surface area contributed by atoms with Gasteiger partial charge in [0.25, 0.3) is 5.91 Å². The molecule has 0 heterocycles. The van der Waals surface area contributed by atoms with Crippen molar-refractivity contribution >= 4 is 46.1 Å². The first-order valence-corrected chi connectivity index (χ1v) is 7.31. The van der Waals surface area contributed by atoms with Gasteiger partial charge in [0.15, 0.2) is 0 Å². The second-order valence-corrected chi connectivity index (χ2v) is 5.87. The molecule has 1 aromatic rings. The highest BCUT2D eigenvalue weighted by molar-refractivity contribution is 14.1. The van der Waals surface area contributed by atoms with Crippen LogP contribution in [0.2, 0.25) is 5.02 Å². The fourth-order valence-corrected chi connectivity index (χ4v) is 2.06. The van der Waals surface area contributed by atoms with Gasteiger partial charge >= 0.3 is 5.97 Å². The minimum atomic E-state index is -1.03. The van der Waals surface area contributed by atoms with Gasteiger partial charge in [-0.25, -0.2) is 4.79 Å². The Morgan fingerprint density at radius 2 is 2.11 bits per heavy atom. The highest BCUT2D eigenvalue weighted by Gasteiger charge is 2.25. The minimum Gasteiger partial charge on any atom is -0.480 e. The standard InChI is InChI=1S/C13H15ClINO3/c1-3-7(2)11(13(18)19)16-12(17)8-4-5-10(15)9(14)6-8/h4-7,11H,3H2,1-2H3,(H,16,17)(H,18,19)/t7?,11-/m0/s1. The van der Waals surface area contributed by atoms with E-state index in [4.69, 9.17) is 16.7 Å². The number of amides is 1. The van der Waals surface area contributed by atoms with Gasteiger partial charge in [0, 0.05) is 9.13 Å². The zero-order chi connectivity index (χ0) is 14.6. The van der Waals surface area contributed by atoms with E-state index in [1.54, 1.807) is 19.1 Å². The van der Waals surface area contributed by atoms with Crippen molar-refractivity contribution in [1.29, 1.82) is 0 Å². The van der Waals surface area contributed by atoms with E-state index in [0.29, 0.717) is 17.0 Å². The lowest BCUT2D eigenvalue weighted by atomic mass is 9.99. The van der Waals surface area contributed by atoms with Crippen molar-refractivity contribution in [3.05, 3.63) is 32.4 Å². The van der Waals surface area contributed by atoms with Crippen LogP contribution in [0.25, 0.3) is 0 Å². The Morgan fingerprint density at radius 3 is 2.58 bits per heavy atom. The van der Waals surface area contributed by atoms with Crippen molar-refractivity contribution in [1.82, 2.24) is 5.32 Å². The maximum atomic E-state index is 12.0. The molecule has 1 rings (SSSR count). The molecule has 19 heavy (non-hydrogen) atoms. The fourth-order valence-electron chi connectivity index (χ4n) is 1.55. The van der Waals surface area contributed by atoms with E-state index < -0.39 is 17.9 Å². The largest absolute Gasteiger partial charge is 0.480 e. The van der Waals surface area contributed by atoms with Gasteiger partial charge in [-0.3, -0.25) is 4.79 Å². The van der Waals surface area contributed by atoms with Crippen LogP contribution in [0.1, 0.15) is 30.6 Å². The Balaban J connectivity index is 2.87. The average Bonchev–Trinajstić information content (AvgIpc) is 2.37. The third kappa shape index (κ3) is 4.35. The molecule has 0 aliphatic heterocycles. The molecule has 0 spiro atoms. The van der Waals surface area contributed by atoms with E-state index in [1.807, 2.05) is 6.92 Å². The molecule has 0 saturated carbocycles. The highest BCUT2D eigenvalue weighted by Crippen LogP contribution is 2.20. The molecule has 0 aromatic heterocycles. The van der Waals surface area contributed by atoms with Crippen molar-refractivity contribution in [2.45, 2.75) is 26.3 Å². The Bertz CT molecular complexity index is 493. The number of hydrogen-bond donors (Lipinski definition) is 2. The topological polar surface area (TPSA) is 66.4 Å². The van der Waals surface area contributed by atoms with Crippen molar-refractivity contribution in [2.24, 2.45) is 5.92 Å². The molecular weight excluding hydrogens is 381 g/mol. The summed E-state index contributed by atoms with van der Waals surface area (Å²) in [6.07, 6.45) is 0.671. The molecule has 0 aliphatic rings. The van der Waals surface area contributed by atoms with Crippen LogP contribution in [0.15, 0.2) is 18.2 Å². The highest BCUT2D eigenvalue weighted by atomic mass is 127. The second-order valence-electron chi connectivity index (χ2n) is 4.30. The smallest absolute Gasteiger partial charge is 0.326 e. The van der Waals surface area contributed by atoms with E-state index >= 15 is 0 Å². The number of carboxylic acids is 1. The lowest BCUT2D eigenvalue weighted by molar-refractivity contribution is -0.140. The summed E-state index contributed by atoms with van der Waals surface area (Å²) in [4.78, 5) is 23.2. The quantitative estimate of drug-likeness (QED) is 0.753. The molecule has 1 amide bonds. The van der Waals surface area contributed by atoms with Gasteiger partial charge in [-0.15, -0.1) is 0 Å². The van der Waals surface area contributed by atoms with Gasteiger partial charge in [-0.2, -0.15) is 0 Å². The molecule has 1 unspecified atom stereocenters. The third-order valence-corrected chi connectivity index (χ3v) is 4.52. The molecule has 4 nitrogen and oxygen atoms in total. The van der Waals surface area contributed by atoms with E-state index in [1.165, 1.54) is 6.07 Å². The van der Waals surface area contributed by atoms with E-state index in [2.05, 4.69) is 27.9 Å². The predicted octanol–water partition coefficient (Wildman–Crippen LogP) is 3.17. The predicted molar refractivity (Wildman–Crippen MR) is 82.5 cm³/mol. The summed E-state index contributed by atoms with van der Waals surface area (Å²) in [6.45, 7) is 3.68. The van der Waals surface area contributed by atoms with E-state index in [9.17, 15) is 9.59 Å². The number of benzene rings is 1. The lowest BCUT2D eigenvalue weighted by Crippen LogP contribution is -2.45. The number of halogens is 2. The van der Waals surface area contributed by atoms with Gasteiger partial charge in [0.1, 0.15) is 6.04 Å². The van der Waals surface area contributed by atoms with Crippen LogP contribution in [0.3, 0.4) is 0 Å². The Hall–Kier alpha value is -0.820. The Morgan fingerprint density at radius 1 is 1.47 bits per heavy atom. The molecule has 2 atom stereocenters. The monoisotopic (exact) mass is 395 g/mol. The second kappa shape index (κ2) is 7.09. The zero-order valence-electron chi connectivity index (χ0n) is 10.6. The zero-order valence-corrected chi connectivity index (χ0v) is 13.5. The van der Waals surface area contributed by atoms with Crippen molar-refractivity contribution < 1.29 is 14.7 Å². The minimum absolute atomic E-state index is 0.138. The number of nitrogens with one attached hydrogen (secondary N) is 1. The maximum absolute atomic E-state index is 12.0. The number of carbonyl (C=O) groups is 2. The third-order valence-electron chi connectivity index (χ3n) is 2.95. The number of aliphatic carboxylic acids is 1. The molecule has 6 heteroatoms. The van der Waals surface area contributed by atoms with E-state index in [0.717, 1.165) is 3.57 Å². The molecule has 1 aromatic carbocycles. The number of carboxylic acid groups (broad SMARTS) is 1. The van der Waals surface area contributed by atoms with E-state index in [-0.39, 0.29) is 5.92 Å². The lowest BCUT2D eigenvalue weighted by Gasteiger charge is -2.20. The summed E-state index contributed by atoms with van der Waals surface area (Å²) in [5.41, 5.74) is 0.361. The van der Waals surface area contributed by atoms with Gasteiger partial charge in [0.2, 0.25) is 0 Å². The summed E-state index contributed by atoms with van der Waals surface area (Å²) in [7, 11) is 0. The summed E-state index contributed by atoms with van der Waals surface area (Å²) >= 11 is 8.00. The van der Waals surface area contributed by atoms with Crippen LogP contribution in [0, 0.1) is 9.49 Å². The van der Waals surface area contributed by atoms with Gasteiger partial charge in [-0.1, -0.05) is 31.9 Å². The van der Waals surface area contributed by atoms with Crippen molar-refractivity contribution in [3.63, 3.8) is 0 Å². The van der Waals surface area contributed by atoms with Gasteiger partial charge < -0.3 is 10.4 Å². The van der Waals surface area contributed by atoms with Crippen LogP contribution in [0.5, 0.6) is 0 Å². The first-order valence-electron chi connectivity index (χ1n) is 5.85. The van der Waals surface area contributed by atoms with Crippen LogP contribution in [-0.2, 0) is 4.79 Å². The molecule has 0 fully saturated rings. The normalized spacial score (nSPS) is 13.7. The van der Waals surface area contributed by atoms with Crippen LogP contribution in [-0.4, -0.2) is 23.0 Å². The first kappa shape index (κ1) is 16.2. The van der Waals surface area contributed by atoms with Crippen molar-refractivity contribution in [3.8, 4) is 0 Å². The summed E-state index contributed by atoms with van der Waals surface area (Å²) < 4.78 is 0.840. The number of carbonyl (C=O) groups excluding carboxylic acids is 1. The van der Waals surface area contributed by atoms with Crippen molar-refractivity contribution in [2.75, 3.05) is 0 Å². The molecule has 0 radical (unpaired) electrons. The number of hydrogen-bond acceptors (Lipinski definition) is 2. The van der Waals surface area contributed by atoms with Crippen LogP contribution >= 0.6 is 34.2 Å². The maximum Gasteiger partial charge on any atom is 0.326 e. The molecule has 2 N–H and O–H groups in total. The summed E-state index contributed by atoms with van der Waals surface area (Å²) in [6, 6.07) is 3.99. The molecular formula is C13H15ClINO3. The van der Waals surface area contributed by atoms with Gasteiger partial charge in [-0.05, 0) is 46.7 Å². The Kier molecular flexibility index (Phi) is 6.06. The van der Waals surface area contributed by atoms with Crippen LogP contribution < -0.4 is 5.32 Å². The average molecular weight is 396 g/mol. The SMILES string of the molecule is CCC(C)[C@H](NC(=O)c1ccc(I)c(Cl)c1)C(=O)O. The summed E-state index contributed by atoms with van der Waals surface area (Å²) in [5, 5.41) is 12.1. The molecule has 104 valence electrons. The summed E-state index contributed by atoms with van der Waals surface area (Å²) in [5.74, 6) is -1.59. The molecule has 0 aliphatic carbocycles. The number of rotatable bonds is 5. The molecule has 0 saturated heterocycles. The Labute approximate surface area is 130 Å². The van der Waals surface area contributed by atoms with Gasteiger partial charge in [0.05, 0.1) is 5.02 Å². The first-order chi connectivity index (χ1) is 8.86. The molecule has 0 bridgehead atoms. The fraction of sp³-hybridized carbons (Fsp3) is 0.385.